The van der Waals surface area contributed by atoms with Crippen LogP contribution in [0.1, 0.15) is 11.4 Å². The minimum atomic E-state index is 0.528. The number of hydrogen-bond donors (Lipinski definition) is 0. The van der Waals surface area contributed by atoms with Crippen molar-refractivity contribution < 1.29 is 4.42 Å². The van der Waals surface area contributed by atoms with Gasteiger partial charge in [-0.1, -0.05) is 12.1 Å². The van der Waals surface area contributed by atoms with Gasteiger partial charge in [-0.05, 0) is 26.0 Å². The minimum Gasteiger partial charge on any atom is -0.435 e. The van der Waals surface area contributed by atoms with Crippen molar-refractivity contribution in [3.8, 4) is 11.6 Å². The van der Waals surface area contributed by atoms with Gasteiger partial charge in [-0.2, -0.15) is 0 Å². The maximum Gasteiger partial charge on any atom is 0.248 e. The minimum absolute atomic E-state index is 0.528. The number of oxazole rings is 1. The van der Waals surface area contributed by atoms with Crippen LogP contribution in [0.3, 0.4) is 0 Å². The number of nitrogens with zero attached hydrogens (tertiary/aromatic N) is 3. The first-order valence-corrected chi connectivity index (χ1v) is 5.40. The Labute approximate surface area is 98.4 Å². The van der Waals surface area contributed by atoms with Gasteiger partial charge in [0.1, 0.15) is 11.2 Å². The summed E-state index contributed by atoms with van der Waals surface area (Å²) in [6.45, 7) is 3.80. The van der Waals surface area contributed by atoms with Gasteiger partial charge in [-0.25, -0.2) is 9.97 Å². The summed E-state index contributed by atoms with van der Waals surface area (Å²) in [4.78, 5) is 13.1. The predicted octanol–water partition coefficient (Wildman–Crippen LogP) is 2.90. The van der Waals surface area contributed by atoms with Gasteiger partial charge >= 0.3 is 0 Å². The molecule has 0 saturated heterocycles. The third-order valence-electron chi connectivity index (χ3n) is 2.57. The topological polar surface area (TPSA) is 51.8 Å². The van der Waals surface area contributed by atoms with E-state index in [1.165, 1.54) is 0 Å². The molecule has 4 nitrogen and oxygen atoms in total. The number of aromatic nitrogens is 3. The lowest BCUT2D eigenvalue weighted by molar-refractivity contribution is 0.615. The lowest BCUT2D eigenvalue weighted by Gasteiger charge is -1.99. The standard InChI is InChI=1S/C13H11N3O/c1-8-7-14-9(2)12(15-8)13-16-10-5-3-4-6-11(10)17-13/h3-7H,1-2H3. The van der Waals surface area contributed by atoms with Crippen LogP contribution in [-0.2, 0) is 0 Å². The van der Waals surface area contributed by atoms with Gasteiger partial charge in [0.05, 0.1) is 11.4 Å². The van der Waals surface area contributed by atoms with Crippen LogP contribution < -0.4 is 0 Å². The third kappa shape index (κ3) is 1.67. The number of hydrogen-bond acceptors (Lipinski definition) is 4. The SMILES string of the molecule is Cc1cnc(C)c(-c2nc3ccccc3o2)n1. The molecule has 2 aromatic heterocycles. The van der Waals surface area contributed by atoms with E-state index in [0.29, 0.717) is 11.6 Å². The van der Waals surface area contributed by atoms with E-state index in [9.17, 15) is 0 Å². The average Bonchev–Trinajstić information content (AvgIpc) is 2.75. The van der Waals surface area contributed by atoms with Crippen molar-refractivity contribution in [1.29, 1.82) is 0 Å². The lowest BCUT2D eigenvalue weighted by atomic mass is 10.3. The van der Waals surface area contributed by atoms with Crippen molar-refractivity contribution in [1.82, 2.24) is 15.0 Å². The number of aryl methyl sites for hydroxylation is 2. The molecule has 0 radical (unpaired) electrons. The summed E-state index contributed by atoms with van der Waals surface area (Å²) >= 11 is 0. The van der Waals surface area contributed by atoms with Crippen molar-refractivity contribution in [2.45, 2.75) is 13.8 Å². The predicted molar refractivity (Wildman–Crippen MR) is 64.5 cm³/mol. The monoisotopic (exact) mass is 225 g/mol. The number of benzene rings is 1. The highest BCUT2D eigenvalue weighted by Gasteiger charge is 2.12. The zero-order chi connectivity index (χ0) is 11.8. The molecule has 84 valence electrons. The first-order valence-electron chi connectivity index (χ1n) is 5.40. The van der Waals surface area contributed by atoms with Crippen molar-refractivity contribution in [2.75, 3.05) is 0 Å². The fourth-order valence-corrected chi connectivity index (χ4v) is 1.71. The first-order chi connectivity index (χ1) is 8.24. The molecule has 0 aliphatic carbocycles. The maximum absolute atomic E-state index is 5.68. The van der Waals surface area contributed by atoms with E-state index in [1.807, 2.05) is 38.1 Å². The maximum atomic E-state index is 5.68. The third-order valence-corrected chi connectivity index (χ3v) is 2.57. The van der Waals surface area contributed by atoms with E-state index >= 15 is 0 Å². The molecule has 2 heterocycles. The molecule has 3 rings (SSSR count). The number of para-hydroxylation sites is 2. The quantitative estimate of drug-likeness (QED) is 0.639. The second-order valence-corrected chi connectivity index (χ2v) is 3.93. The smallest absolute Gasteiger partial charge is 0.248 e. The van der Waals surface area contributed by atoms with Gasteiger partial charge in [0, 0.05) is 6.20 Å². The molecule has 0 saturated carbocycles. The normalized spacial score (nSPS) is 10.9. The highest BCUT2D eigenvalue weighted by molar-refractivity contribution is 5.75. The highest BCUT2D eigenvalue weighted by atomic mass is 16.3. The van der Waals surface area contributed by atoms with Gasteiger partial charge in [0.15, 0.2) is 5.58 Å². The van der Waals surface area contributed by atoms with E-state index in [0.717, 1.165) is 22.5 Å². The van der Waals surface area contributed by atoms with Gasteiger partial charge in [0.2, 0.25) is 5.89 Å². The van der Waals surface area contributed by atoms with Crippen LogP contribution in [0.4, 0.5) is 0 Å². The van der Waals surface area contributed by atoms with E-state index in [1.54, 1.807) is 6.20 Å². The molecule has 0 aliphatic rings. The zero-order valence-corrected chi connectivity index (χ0v) is 9.64. The first kappa shape index (κ1) is 9.96. The van der Waals surface area contributed by atoms with Gasteiger partial charge in [-0.15, -0.1) is 0 Å². The van der Waals surface area contributed by atoms with Gasteiger partial charge < -0.3 is 4.42 Å². The largest absolute Gasteiger partial charge is 0.435 e. The van der Waals surface area contributed by atoms with E-state index in [2.05, 4.69) is 15.0 Å². The Morgan fingerprint density at radius 1 is 1.06 bits per heavy atom. The van der Waals surface area contributed by atoms with Gasteiger partial charge in [0.25, 0.3) is 0 Å². The number of rotatable bonds is 1. The molecule has 0 amide bonds. The number of fused-ring (bicyclic) bond motifs is 1. The molecule has 0 atom stereocenters. The molecule has 4 heteroatoms. The summed E-state index contributed by atoms with van der Waals surface area (Å²) in [5.74, 6) is 0.528. The summed E-state index contributed by atoms with van der Waals surface area (Å²) in [6.07, 6.45) is 1.74. The molecule has 0 fully saturated rings. The summed E-state index contributed by atoms with van der Waals surface area (Å²) in [7, 11) is 0. The van der Waals surface area contributed by atoms with Crippen LogP contribution in [0.5, 0.6) is 0 Å². The summed E-state index contributed by atoms with van der Waals surface area (Å²) in [5, 5.41) is 0. The van der Waals surface area contributed by atoms with E-state index in [-0.39, 0.29) is 0 Å². The van der Waals surface area contributed by atoms with Crippen molar-refractivity contribution in [2.24, 2.45) is 0 Å². The fourth-order valence-electron chi connectivity index (χ4n) is 1.71. The molecule has 0 N–H and O–H groups in total. The highest BCUT2D eigenvalue weighted by Crippen LogP contribution is 2.24. The lowest BCUT2D eigenvalue weighted by Crippen LogP contribution is -1.94. The molecular formula is C13H11N3O. The van der Waals surface area contributed by atoms with Crippen molar-refractivity contribution in [3.63, 3.8) is 0 Å². The second-order valence-electron chi connectivity index (χ2n) is 3.93. The molecule has 0 spiro atoms. The molecule has 3 aromatic rings. The van der Waals surface area contributed by atoms with Crippen LogP contribution in [0, 0.1) is 13.8 Å². The molecule has 0 bridgehead atoms. The van der Waals surface area contributed by atoms with Crippen LogP contribution >= 0.6 is 0 Å². The Balaban J connectivity index is 2.23. The van der Waals surface area contributed by atoms with Gasteiger partial charge in [-0.3, -0.25) is 4.98 Å². The Morgan fingerprint density at radius 2 is 1.88 bits per heavy atom. The molecule has 1 aromatic carbocycles. The fraction of sp³-hybridized carbons (Fsp3) is 0.154. The molecule has 17 heavy (non-hydrogen) atoms. The summed E-state index contributed by atoms with van der Waals surface area (Å²) in [5.41, 5.74) is 3.99. The van der Waals surface area contributed by atoms with Crippen molar-refractivity contribution in [3.05, 3.63) is 41.9 Å². The Kier molecular flexibility index (Phi) is 2.14. The summed E-state index contributed by atoms with van der Waals surface area (Å²) in [6, 6.07) is 7.67. The Hall–Kier alpha value is -2.23. The van der Waals surface area contributed by atoms with Crippen LogP contribution in [-0.4, -0.2) is 15.0 Å². The van der Waals surface area contributed by atoms with Crippen LogP contribution in [0.2, 0.25) is 0 Å². The molecule has 0 aliphatic heterocycles. The van der Waals surface area contributed by atoms with Crippen LogP contribution in [0.15, 0.2) is 34.9 Å². The Bertz CT molecular complexity index is 655. The average molecular weight is 225 g/mol. The second kappa shape index (κ2) is 3.66. The zero-order valence-electron chi connectivity index (χ0n) is 9.64. The van der Waals surface area contributed by atoms with Crippen LogP contribution in [0.25, 0.3) is 22.7 Å². The summed E-state index contributed by atoms with van der Waals surface area (Å²) < 4.78 is 5.68. The van der Waals surface area contributed by atoms with Crippen molar-refractivity contribution >= 4 is 11.1 Å². The molecule has 0 unspecified atom stereocenters. The Morgan fingerprint density at radius 3 is 2.71 bits per heavy atom. The van der Waals surface area contributed by atoms with E-state index < -0.39 is 0 Å². The molecular weight excluding hydrogens is 214 g/mol. The van der Waals surface area contributed by atoms with E-state index in [4.69, 9.17) is 4.42 Å².